The van der Waals surface area contributed by atoms with Crippen LogP contribution in [0.5, 0.6) is 0 Å². The van der Waals surface area contributed by atoms with Crippen LogP contribution in [-0.4, -0.2) is 37.6 Å². The lowest BCUT2D eigenvalue weighted by atomic mass is 10.4. The molecule has 0 aromatic carbocycles. The molecule has 0 bridgehead atoms. The zero-order valence-corrected chi connectivity index (χ0v) is 8.47. The van der Waals surface area contributed by atoms with Gasteiger partial charge in [-0.05, 0) is 19.5 Å². The van der Waals surface area contributed by atoms with Gasteiger partial charge in [0.2, 0.25) is 0 Å². The first-order chi connectivity index (χ1) is 5.85. The first-order valence-electron chi connectivity index (χ1n) is 4.89. The molecule has 0 aliphatic carbocycles. The van der Waals surface area contributed by atoms with Gasteiger partial charge in [-0.25, -0.2) is 0 Å². The van der Waals surface area contributed by atoms with Crippen LogP contribution in [0.2, 0.25) is 0 Å². The molecule has 72 valence electrons. The quantitative estimate of drug-likeness (QED) is 0.438. The predicted molar refractivity (Wildman–Crippen MR) is 55.5 cm³/mol. The van der Waals surface area contributed by atoms with Gasteiger partial charge in [0, 0.05) is 19.6 Å². The van der Waals surface area contributed by atoms with E-state index in [4.69, 9.17) is 0 Å². The number of likely N-dealkylation sites (N-methyl/N-ethyl adjacent to an activating group) is 1. The Hall–Kier alpha value is -0.340. The molecule has 0 heterocycles. The lowest BCUT2D eigenvalue weighted by Gasteiger charge is -2.19. The normalized spacial score (nSPS) is 10.6. The van der Waals surface area contributed by atoms with Crippen LogP contribution in [0.25, 0.3) is 0 Å². The zero-order chi connectivity index (χ0) is 9.23. The van der Waals surface area contributed by atoms with Crippen molar-refractivity contribution in [3.63, 3.8) is 0 Å². The Morgan fingerprint density at radius 3 is 2.58 bits per heavy atom. The van der Waals surface area contributed by atoms with Crippen LogP contribution in [0.4, 0.5) is 0 Å². The third kappa shape index (κ3) is 6.38. The van der Waals surface area contributed by atoms with E-state index in [0.29, 0.717) is 0 Å². The van der Waals surface area contributed by atoms with E-state index in [2.05, 4.69) is 30.6 Å². The monoisotopic (exact) mass is 170 g/mol. The molecule has 0 saturated carbocycles. The molecule has 1 N–H and O–H groups in total. The first kappa shape index (κ1) is 11.7. The smallest absolute Gasteiger partial charge is 0.0132 e. The zero-order valence-electron chi connectivity index (χ0n) is 8.47. The molecule has 0 radical (unpaired) electrons. The molecule has 0 aliphatic heterocycles. The van der Waals surface area contributed by atoms with E-state index < -0.39 is 0 Å². The molecule has 2 heteroatoms. The second-order valence-electron chi connectivity index (χ2n) is 2.93. The van der Waals surface area contributed by atoms with E-state index in [9.17, 15) is 0 Å². The van der Waals surface area contributed by atoms with Crippen molar-refractivity contribution in [1.29, 1.82) is 0 Å². The van der Waals surface area contributed by atoms with Gasteiger partial charge in [0.15, 0.2) is 0 Å². The highest BCUT2D eigenvalue weighted by Crippen LogP contribution is 1.88. The van der Waals surface area contributed by atoms with Crippen LogP contribution >= 0.6 is 0 Å². The maximum absolute atomic E-state index is 3.66. The predicted octanol–water partition coefficient (Wildman–Crippen LogP) is 1.49. The minimum absolute atomic E-state index is 0.920. The lowest BCUT2D eigenvalue weighted by molar-refractivity contribution is 0.289. The average Bonchev–Trinajstić information content (AvgIpc) is 2.10. The standard InChI is InChI=1S/C10H22N2/c1-4-7-11-8-10-12(6-3)9-5-2/h4,11H,1,5-10H2,2-3H3. The molecule has 0 amide bonds. The van der Waals surface area contributed by atoms with Gasteiger partial charge in [0.1, 0.15) is 0 Å². The summed E-state index contributed by atoms with van der Waals surface area (Å²) in [5.41, 5.74) is 0. The molecule has 12 heavy (non-hydrogen) atoms. The van der Waals surface area contributed by atoms with Crippen molar-refractivity contribution in [3.05, 3.63) is 12.7 Å². The van der Waals surface area contributed by atoms with Crippen molar-refractivity contribution in [1.82, 2.24) is 10.2 Å². The largest absolute Gasteiger partial charge is 0.312 e. The Balaban J connectivity index is 3.24. The number of hydrogen-bond donors (Lipinski definition) is 1. The highest BCUT2D eigenvalue weighted by atomic mass is 15.1. The van der Waals surface area contributed by atoms with Crippen molar-refractivity contribution >= 4 is 0 Å². The molecule has 0 aliphatic rings. The van der Waals surface area contributed by atoms with Gasteiger partial charge in [-0.15, -0.1) is 6.58 Å². The van der Waals surface area contributed by atoms with Gasteiger partial charge >= 0.3 is 0 Å². The Morgan fingerprint density at radius 2 is 2.08 bits per heavy atom. The summed E-state index contributed by atoms with van der Waals surface area (Å²) < 4.78 is 0. The molecule has 0 saturated heterocycles. The van der Waals surface area contributed by atoms with E-state index >= 15 is 0 Å². The van der Waals surface area contributed by atoms with Gasteiger partial charge < -0.3 is 10.2 Å². The topological polar surface area (TPSA) is 15.3 Å². The summed E-state index contributed by atoms with van der Waals surface area (Å²) in [7, 11) is 0. The van der Waals surface area contributed by atoms with Crippen LogP contribution in [0, 0.1) is 0 Å². The SMILES string of the molecule is C=CCNCCN(CC)CCC. The fourth-order valence-corrected chi connectivity index (χ4v) is 1.19. The number of hydrogen-bond acceptors (Lipinski definition) is 2. The molecule has 0 aromatic heterocycles. The summed E-state index contributed by atoms with van der Waals surface area (Å²) in [4.78, 5) is 2.45. The van der Waals surface area contributed by atoms with E-state index in [1.165, 1.54) is 13.0 Å². The molecule has 0 rings (SSSR count). The summed E-state index contributed by atoms with van der Waals surface area (Å²) in [6, 6.07) is 0. The minimum atomic E-state index is 0.920. The Labute approximate surface area is 76.6 Å². The second-order valence-corrected chi connectivity index (χ2v) is 2.93. The molecule has 0 spiro atoms. The number of nitrogens with one attached hydrogen (secondary N) is 1. The molecule has 0 atom stereocenters. The van der Waals surface area contributed by atoms with Gasteiger partial charge in [0.05, 0.1) is 0 Å². The number of nitrogens with zero attached hydrogens (tertiary/aromatic N) is 1. The minimum Gasteiger partial charge on any atom is -0.312 e. The van der Waals surface area contributed by atoms with Gasteiger partial charge in [-0.3, -0.25) is 0 Å². The molecular weight excluding hydrogens is 148 g/mol. The summed E-state index contributed by atoms with van der Waals surface area (Å²) >= 11 is 0. The third-order valence-electron chi connectivity index (χ3n) is 1.88. The third-order valence-corrected chi connectivity index (χ3v) is 1.88. The van der Waals surface area contributed by atoms with Crippen molar-refractivity contribution < 1.29 is 0 Å². The summed E-state index contributed by atoms with van der Waals surface area (Å²) in [6.07, 6.45) is 3.14. The molecule has 2 nitrogen and oxygen atoms in total. The number of rotatable bonds is 8. The van der Waals surface area contributed by atoms with E-state index in [0.717, 1.165) is 26.2 Å². The fourth-order valence-electron chi connectivity index (χ4n) is 1.19. The second kappa shape index (κ2) is 8.75. The highest BCUT2D eigenvalue weighted by molar-refractivity contribution is 4.70. The Morgan fingerprint density at radius 1 is 1.33 bits per heavy atom. The molecule has 0 fully saturated rings. The van der Waals surface area contributed by atoms with Gasteiger partial charge in [-0.1, -0.05) is 19.9 Å². The molecular formula is C10H22N2. The lowest BCUT2D eigenvalue weighted by Crippen LogP contribution is -2.32. The van der Waals surface area contributed by atoms with Gasteiger partial charge in [-0.2, -0.15) is 0 Å². The van der Waals surface area contributed by atoms with E-state index in [1.807, 2.05) is 6.08 Å². The highest BCUT2D eigenvalue weighted by Gasteiger charge is 1.97. The van der Waals surface area contributed by atoms with Crippen LogP contribution in [0.1, 0.15) is 20.3 Å². The van der Waals surface area contributed by atoms with Crippen molar-refractivity contribution in [2.75, 3.05) is 32.7 Å². The van der Waals surface area contributed by atoms with Gasteiger partial charge in [0.25, 0.3) is 0 Å². The summed E-state index contributed by atoms with van der Waals surface area (Å²) in [5, 5.41) is 3.30. The Kier molecular flexibility index (Phi) is 8.51. The van der Waals surface area contributed by atoms with Crippen molar-refractivity contribution in [2.24, 2.45) is 0 Å². The molecule has 0 unspecified atom stereocenters. The van der Waals surface area contributed by atoms with Crippen LogP contribution < -0.4 is 5.32 Å². The maximum Gasteiger partial charge on any atom is 0.0132 e. The fraction of sp³-hybridized carbons (Fsp3) is 0.800. The Bertz CT molecular complexity index is 102. The average molecular weight is 170 g/mol. The summed E-state index contributed by atoms with van der Waals surface area (Å²) in [6.45, 7) is 13.6. The summed E-state index contributed by atoms with van der Waals surface area (Å²) in [5.74, 6) is 0. The maximum atomic E-state index is 3.66. The van der Waals surface area contributed by atoms with Crippen LogP contribution in [-0.2, 0) is 0 Å². The first-order valence-corrected chi connectivity index (χ1v) is 4.89. The molecule has 0 aromatic rings. The van der Waals surface area contributed by atoms with Crippen LogP contribution in [0.15, 0.2) is 12.7 Å². The van der Waals surface area contributed by atoms with Crippen LogP contribution in [0.3, 0.4) is 0 Å². The van der Waals surface area contributed by atoms with E-state index in [1.54, 1.807) is 0 Å². The van der Waals surface area contributed by atoms with E-state index in [-0.39, 0.29) is 0 Å². The van der Waals surface area contributed by atoms with Crippen molar-refractivity contribution in [3.8, 4) is 0 Å². The van der Waals surface area contributed by atoms with Crippen molar-refractivity contribution in [2.45, 2.75) is 20.3 Å².